The first kappa shape index (κ1) is 19.3. The summed E-state index contributed by atoms with van der Waals surface area (Å²) in [5.41, 5.74) is 3.12. The van der Waals surface area contributed by atoms with Gasteiger partial charge in [0, 0.05) is 30.4 Å². The van der Waals surface area contributed by atoms with Gasteiger partial charge < -0.3 is 24.4 Å². The van der Waals surface area contributed by atoms with Gasteiger partial charge in [0.05, 0.1) is 6.10 Å². The van der Waals surface area contributed by atoms with Crippen molar-refractivity contribution in [3.8, 4) is 11.5 Å². The number of aryl methyl sites for hydroxylation is 1. The molecule has 1 atom stereocenters. The molecular weight excluding hydrogens is 396 g/mol. The summed E-state index contributed by atoms with van der Waals surface area (Å²) in [4.78, 5) is 2.15. The van der Waals surface area contributed by atoms with Gasteiger partial charge >= 0.3 is 0 Å². The molecule has 0 aliphatic carbocycles. The van der Waals surface area contributed by atoms with Gasteiger partial charge in [-0.3, -0.25) is 0 Å². The van der Waals surface area contributed by atoms with Crippen molar-refractivity contribution in [3.63, 3.8) is 0 Å². The molecule has 0 aromatic heterocycles. The van der Waals surface area contributed by atoms with Gasteiger partial charge in [-0.2, -0.15) is 0 Å². The van der Waals surface area contributed by atoms with E-state index in [1.54, 1.807) is 0 Å². The van der Waals surface area contributed by atoms with Crippen molar-refractivity contribution >= 4 is 34.6 Å². The van der Waals surface area contributed by atoms with Crippen LogP contribution in [0.3, 0.4) is 0 Å². The van der Waals surface area contributed by atoms with E-state index in [9.17, 15) is 0 Å². The molecule has 0 bridgehead atoms. The van der Waals surface area contributed by atoms with Gasteiger partial charge in [-0.05, 0) is 73.4 Å². The number of ether oxygens (including phenoxy) is 3. The maximum absolute atomic E-state index is 6.07. The number of nitrogens with zero attached hydrogens (tertiary/aromatic N) is 1. The van der Waals surface area contributed by atoms with Crippen LogP contribution in [0.4, 0.5) is 5.69 Å². The van der Waals surface area contributed by atoms with Gasteiger partial charge in [-0.1, -0.05) is 17.7 Å². The Hall–Kier alpha value is -2.02. The van der Waals surface area contributed by atoms with Crippen molar-refractivity contribution in [1.29, 1.82) is 0 Å². The van der Waals surface area contributed by atoms with Gasteiger partial charge in [0.2, 0.25) is 6.79 Å². The summed E-state index contributed by atoms with van der Waals surface area (Å²) < 4.78 is 16.8. The van der Waals surface area contributed by atoms with Crippen LogP contribution < -0.4 is 14.8 Å². The lowest BCUT2D eigenvalue weighted by Gasteiger charge is -2.29. The second kappa shape index (κ2) is 8.55. The van der Waals surface area contributed by atoms with Gasteiger partial charge in [0.1, 0.15) is 0 Å². The zero-order chi connectivity index (χ0) is 19.5. The first-order valence-electron chi connectivity index (χ1n) is 9.41. The Morgan fingerprint density at radius 1 is 1.21 bits per heavy atom. The third kappa shape index (κ3) is 4.51. The van der Waals surface area contributed by atoms with E-state index in [1.807, 2.05) is 43.3 Å². The molecule has 5 nitrogen and oxygen atoms in total. The fourth-order valence-electron chi connectivity index (χ4n) is 3.47. The van der Waals surface area contributed by atoms with E-state index in [2.05, 4.69) is 10.2 Å². The Bertz CT molecular complexity index is 871. The lowest BCUT2D eigenvalue weighted by atomic mass is 10.1. The van der Waals surface area contributed by atoms with E-state index >= 15 is 0 Å². The van der Waals surface area contributed by atoms with Crippen LogP contribution in [0.15, 0.2) is 36.4 Å². The third-order valence-electron chi connectivity index (χ3n) is 4.98. The van der Waals surface area contributed by atoms with Crippen LogP contribution in [0.2, 0.25) is 5.02 Å². The van der Waals surface area contributed by atoms with E-state index in [4.69, 9.17) is 38.0 Å². The summed E-state index contributed by atoms with van der Waals surface area (Å²) in [5, 5.41) is 4.75. The maximum atomic E-state index is 6.07. The summed E-state index contributed by atoms with van der Waals surface area (Å²) in [7, 11) is 0. The first-order chi connectivity index (χ1) is 13.6. The maximum Gasteiger partial charge on any atom is 0.231 e. The molecule has 2 heterocycles. The van der Waals surface area contributed by atoms with Crippen LogP contribution in [0.5, 0.6) is 11.5 Å². The number of hydrogen-bond acceptors (Lipinski definition) is 4. The number of rotatable bonds is 5. The number of nitrogens with one attached hydrogen (secondary N) is 1. The van der Waals surface area contributed by atoms with E-state index in [0.29, 0.717) is 16.7 Å². The van der Waals surface area contributed by atoms with Crippen molar-refractivity contribution in [2.45, 2.75) is 32.4 Å². The first-order valence-corrected chi connectivity index (χ1v) is 10.2. The second-order valence-electron chi connectivity index (χ2n) is 7.09. The van der Waals surface area contributed by atoms with E-state index in [0.717, 1.165) is 54.3 Å². The summed E-state index contributed by atoms with van der Waals surface area (Å²) in [6.07, 6.45) is 2.35. The molecule has 1 unspecified atom stereocenters. The fraction of sp³-hybridized carbons (Fsp3) is 0.381. The lowest BCUT2D eigenvalue weighted by molar-refractivity contribution is 0.0905. The third-order valence-corrected chi connectivity index (χ3v) is 5.57. The molecule has 1 saturated heterocycles. The summed E-state index contributed by atoms with van der Waals surface area (Å²) in [5.74, 6) is 1.56. The predicted molar refractivity (Wildman–Crippen MR) is 114 cm³/mol. The van der Waals surface area contributed by atoms with E-state index in [1.165, 1.54) is 0 Å². The molecule has 2 aliphatic heterocycles. The summed E-state index contributed by atoms with van der Waals surface area (Å²) in [6.45, 7) is 4.51. The second-order valence-corrected chi connectivity index (χ2v) is 7.92. The summed E-state index contributed by atoms with van der Waals surface area (Å²) >= 11 is 11.8. The number of benzene rings is 2. The Morgan fingerprint density at radius 3 is 2.86 bits per heavy atom. The Morgan fingerprint density at radius 2 is 2.07 bits per heavy atom. The molecule has 0 amide bonds. The number of halogens is 1. The minimum absolute atomic E-state index is 0.195. The average Bonchev–Trinajstić information content (AvgIpc) is 3.34. The van der Waals surface area contributed by atoms with Crippen LogP contribution in [0, 0.1) is 6.92 Å². The van der Waals surface area contributed by atoms with Crippen molar-refractivity contribution in [2.75, 3.05) is 25.3 Å². The van der Waals surface area contributed by atoms with Crippen LogP contribution >= 0.6 is 23.8 Å². The predicted octanol–water partition coefficient (Wildman–Crippen LogP) is 4.76. The Labute approximate surface area is 175 Å². The molecule has 2 aliphatic rings. The van der Waals surface area contributed by atoms with Crippen LogP contribution in [-0.4, -0.2) is 36.1 Å². The molecule has 2 aromatic rings. The minimum Gasteiger partial charge on any atom is -0.454 e. The van der Waals surface area contributed by atoms with Gasteiger partial charge in [-0.25, -0.2) is 0 Å². The molecule has 1 fully saturated rings. The highest BCUT2D eigenvalue weighted by atomic mass is 35.5. The van der Waals surface area contributed by atoms with E-state index < -0.39 is 0 Å². The number of fused-ring (bicyclic) bond motifs is 1. The molecule has 0 spiro atoms. The molecule has 28 heavy (non-hydrogen) atoms. The lowest BCUT2D eigenvalue weighted by Crippen LogP contribution is -2.39. The van der Waals surface area contributed by atoms with E-state index in [-0.39, 0.29) is 12.9 Å². The summed E-state index contributed by atoms with van der Waals surface area (Å²) in [6, 6.07) is 11.8. The highest BCUT2D eigenvalue weighted by Gasteiger charge is 2.22. The van der Waals surface area contributed by atoms with Crippen molar-refractivity contribution in [3.05, 3.63) is 52.5 Å². The van der Waals surface area contributed by atoms with Crippen molar-refractivity contribution < 1.29 is 14.2 Å². The number of anilines is 1. The highest BCUT2D eigenvalue weighted by Crippen LogP contribution is 2.33. The molecule has 7 heteroatoms. The quantitative estimate of drug-likeness (QED) is 0.706. The molecule has 148 valence electrons. The monoisotopic (exact) mass is 418 g/mol. The number of hydrogen-bond donors (Lipinski definition) is 1. The molecule has 0 saturated carbocycles. The smallest absolute Gasteiger partial charge is 0.231 e. The molecule has 2 aromatic carbocycles. The largest absolute Gasteiger partial charge is 0.454 e. The zero-order valence-electron chi connectivity index (χ0n) is 15.7. The van der Waals surface area contributed by atoms with Gasteiger partial charge in [0.15, 0.2) is 16.6 Å². The van der Waals surface area contributed by atoms with Crippen molar-refractivity contribution in [1.82, 2.24) is 4.90 Å². The topological polar surface area (TPSA) is 43.0 Å². The van der Waals surface area contributed by atoms with Gasteiger partial charge in [0.25, 0.3) is 0 Å². The van der Waals surface area contributed by atoms with Crippen LogP contribution in [0.1, 0.15) is 24.0 Å². The zero-order valence-corrected chi connectivity index (χ0v) is 17.3. The minimum atomic E-state index is 0.195. The van der Waals surface area contributed by atoms with Crippen LogP contribution in [0.25, 0.3) is 0 Å². The normalized spacial score (nSPS) is 17.6. The highest BCUT2D eigenvalue weighted by molar-refractivity contribution is 7.80. The fourth-order valence-corrected chi connectivity index (χ4v) is 3.95. The average molecular weight is 419 g/mol. The van der Waals surface area contributed by atoms with Crippen LogP contribution in [-0.2, 0) is 11.3 Å². The molecular formula is C21H23ClN2O3S. The standard InChI is InChI=1S/C21H23ClN2O3S/c1-14-9-16(22)5-6-18(14)23-21(28)24(12-17-3-2-8-25-17)11-15-4-7-19-20(10-15)27-13-26-19/h4-7,9-10,17H,2-3,8,11-13H2,1H3,(H,23,28). The Balaban J connectivity index is 1.51. The number of thiocarbonyl (C=S) groups is 1. The molecule has 4 rings (SSSR count). The van der Waals surface area contributed by atoms with Gasteiger partial charge in [-0.15, -0.1) is 0 Å². The van der Waals surface area contributed by atoms with Crippen molar-refractivity contribution in [2.24, 2.45) is 0 Å². The molecule has 1 N–H and O–H groups in total. The SMILES string of the molecule is Cc1cc(Cl)ccc1NC(=S)N(Cc1ccc2c(c1)OCO2)CC1CCCO1. The Kier molecular flexibility index (Phi) is 5.90. The molecule has 0 radical (unpaired) electrons.